The van der Waals surface area contributed by atoms with Crippen molar-refractivity contribution in [2.75, 3.05) is 25.0 Å². The number of para-hydroxylation sites is 1. The van der Waals surface area contributed by atoms with E-state index in [4.69, 9.17) is 16.3 Å². The van der Waals surface area contributed by atoms with Crippen LogP contribution in [0.1, 0.15) is 25.3 Å². The predicted molar refractivity (Wildman–Crippen MR) is 109 cm³/mol. The molecule has 0 aromatic heterocycles. The molecule has 8 heteroatoms. The minimum Gasteiger partial charge on any atom is -0.483 e. The molecular weight excluding hydrogens is 400 g/mol. The van der Waals surface area contributed by atoms with Crippen molar-refractivity contribution in [1.82, 2.24) is 4.31 Å². The van der Waals surface area contributed by atoms with Gasteiger partial charge in [-0.1, -0.05) is 36.7 Å². The average Bonchev–Trinajstić information content (AvgIpc) is 3.23. The highest BCUT2D eigenvalue weighted by Crippen LogP contribution is 2.29. The molecule has 1 heterocycles. The highest BCUT2D eigenvalue weighted by Gasteiger charge is 2.29. The van der Waals surface area contributed by atoms with Crippen LogP contribution in [-0.2, 0) is 21.2 Å². The van der Waals surface area contributed by atoms with E-state index in [0.717, 1.165) is 24.8 Å². The van der Waals surface area contributed by atoms with Gasteiger partial charge in [-0.05, 0) is 49.1 Å². The molecule has 1 amide bonds. The SMILES string of the molecule is CCc1ccccc1OCC(=O)Nc1ccc(Cl)c(S(=O)(=O)N2CCCC2)c1. The van der Waals surface area contributed by atoms with Crippen molar-refractivity contribution in [1.29, 1.82) is 0 Å². The summed E-state index contributed by atoms with van der Waals surface area (Å²) in [5.74, 6) is 0.284. The maximum Gasteiger partial charge on any atom is 0.262 e. The van der Waals surface area contributed by atoms with Gasteiger partial charge in [-0.3, -0.25) is 4.79 Å². The number of nitrogens with one attached hydrogen (secondary N) is 1. The molecule has 6 nitrogen and oxygen atoms in total. The Morgan fingerprint density at radius 1 is 1.18 bits per heavy atom. The highest BCUT2D eigenvalue weighted by molar-refractivity contribution is 7.89. The van der Waals surface area contributed by atoms with Crippen LogP contribution in [0.25, 0.3) is 0 Å². The lowest BCUT2D eigenvalue weighted by molar-refractivity contribution is -0.118. The summed E-state index contributed by atoms with van der Waals surface area (Å²) < 4.78 is 32.6. The van der Waals surface area contributed by atoms with E-state index in [1.807, 2.05) is 31.2 Å². The Morgan fingerprint density at radius 3 is 2.61 bits per heavy atom. The van der Waals surface area contributed by atoms with E-state index in [9.17, 15) is 13.2 Å². The zero-order chi connectivity index (χ0) is 20.1. The zero-order valence-corrected chi connectivity index (χ0v) is 17.2. The predicted octanol–water partition coefficient (Wildman–Crippen LogP) is 3.70. The zero-order valence-electron chi connectivity index (χ0n) is 15.7. The fourth-order valence-electron chi connectivity index (χ4n) is 3.12. The summed E-state index contributed by atoms with van der Waals surface area (Å²) in [7, 11) is -3.67. The molecule has 150 valence electrons. The number of ether oxygens (including phenoxy) is 1. The average molecular weight is 423 g/mol. The van der Waals surface area contributed by atoms with E-state index in [1.165, 1.54) is 16.4 Å². The second-order valence-electron chi connectivity index (χ2n) is 6.55. The second-order valence-corrected chi connectivity index (χ2v) is 8.87. The summed E-state index contributed by atoms with van der Waals surface area (Å²) in [6.07, 6.45) is 2.47. The first-order valence-corrected chi connectivity index (χ1v) is 11.0. The van der Waals surface area contributed by atoms with Crippen molar-refractivity contribution in [3.8, 4) is 5.75 Å². The smallest absolute Gasteiger partial charge is 0.262 e. The summed E-state index contributed by atoms with van der Waals surface area (Å²) in [6, 6.07) is 12.0. The molecule has 1 N–H and O–H groups in total. The summed E-state index contributed by atoms with van der Waals surface area (Å²) in [5, 5.41) is 2.81. The van der Waals surface area contributed by atoms with Crippen LogP contribution < -0.4 is 10.1 Å². The van der Waals surface area contributed by atoms with Gasteiger partial charge in [0.05, 0.1) is 5.02 Å². The van der Waals surface area contributed by atoms with Gasteiger partial charge in [0.15, 0.2) is 6.61 Å². The molecule has 0 saturated carbocycles. The Labute approximate surface area is 170 Å². The topological polar surface area (TPSA) is 75.7 Å². The van der Waals surface area contributed by atoms with Crippen LogP contribution in [0.3, 0.4) is 0 Å². The van der Waals surface area contributed by atoms with Crippen LogP contribution >= 0.6 is 11.6 Å². The molecule has 0 aliphatic carbocycles. The quantitative estimate of drug-likeness (QED) is 0.738. The van der Waals surface area contributed by atoms with E-state index < -0.39 is 10.0 Å². The Kier molecular flexibility index (Phi) is 6.59. The van der Waals surface area contributed by atoms with Gasteiger partial charge in [0.25, 0.3) is 5.91 Å². The first kappa shape index (κ1) is 20.6. The van der Waals surface area contributed by atoms with Crippen LogP contribution in [0, 0.1) is 0 Å². The molecule has 2 aromatic carbocycles. The van der Waals surface area contributed by atoms with E-state index >= 15 is 0 Å². The van der Waals surface area contributed by atoms with E-state index in [-0.39, 0.29) is 22.4 Å². The van der Waals surface area contributed by atoms with Gasteiger partial charge in [-0.25, -0.2) is 8.42 Å². The Bertz CT molecular complexity index is 956. The molecule has 28 heavy (non-hydrogen) atoms. The van der Waals surface area contributed by atoms with Crippen molar-refractivity contribution in [3.05, 3.63) is 53.1 Å². The minimum atomic E-state index is -3.67. The van der Waals surface area contributed by atoms with Crippen molar-refractivity contribution in [3.63, 3.8) is 0 Å². The number of hydrogen-bond donors (Lipinski definition) is 1. The van der Waals surface area contributed by atoms with Crippen molar-refractivity contribution in [2.24, 2.45) is 0 Å². The van der Waals surface area contributed by atoms with Crippen LogP contribution in [0.2, 0.25) is 5.02 Å². The van der Waals surface area contributed by atoms with E-state index in [1.54, 1.807) is 6.07 Å². The number of benzene rings is 2. The summed E-state index contributed by atoms with van der Waals surface area (Å²) in [4.78, 5) is 12.3. The molecule has 1 aliphatic heterocycles. The fourth-order valence-corrected chi connectivity index (χ4v) is 5.14. The molecule has 0 spiro atoms. The van der Waals surface area contributed by atoms with E-state index in [0.29, 0.717) is 24.5 Å². The monoisotopic (exact) mass is 422 g/mol. The van der Waals surface area contributed by atoms with Gasteiger partial charge >= 0.3 is 0 Å². The van der Waals surface area contributed by atoms with Gasteiger partial charge < -0.3 is 10.1 Å². The number of nitrogens with zero attached hydrogens (tertiary/aromatic N) is 1. The second kappa shape index (κ2) is 8.94. The molecule has 1 fully saturated rings. The van der Waals surface area contributed by atoms with Gasteiger partial charge in [0, 0.05) is 18.8 Å². The summed E-state index contributed by atoms with van der Waals surface area (Å²) >= 11 is 6.13. The number of halogens is 1. The minimum absolute atomic E-state index is 0.00566. The van der Waals surface area contributed by atoms with Gasteiger partial charge in [-0.15, -0.1) is 0 Å². The standard InChI is InChI=1S/C20H23ClN2O4S/c1-2-15-7-3-4-8-18(15)27-14-20(24)22-16-9-10-17(21)19(13-16)28(25,26)23-11-5-6-12-23/h3-4,7-10,13H,2,5-6,11-12,14H2,1H3,(H,22,24). The molecule has 3 rings (SSSR count). The van der Waals surface area contributed by atoms with E-state index in [2.05, 4.69) is 5.32 Å². The van der Waals surface area contributed by atoms with Crippen LogP contribution in [0.15, 0.2) is 47.4 Å². The van der Waals surface area contributed by atoms with Crippen molar-refractivity contribution < 1.29 is 17.9 Å². The number of sulfonamides is 1. The number of hydrogen-bond acceptors (Lipinski definition) is 4. The number of carbonyl (C=O) groups is 1. The normalized spacial score (nSPS) is 14.8. The lowest BCUT2D eigenvalue weighted by atomic mass is 10.1. The van der Waals surface area contributed by atoms with Gasteiger partial charge in [-0.2, -0.15) is 4.31 Å². The third-order valence-electron chi connectivity index (χ3n) is 4.61. The Morgan fingerprint density at radius 2 is 1.89 bits per heavy atom. The summed E-state index contributed by atoms with van der Waals surface area (Å²) in [5.41, 5.74) is 1.38. The number of anilines is 1. The lowest BCUT2D eigenvalue weighted by Crippen LogP contribution is -2.28. The molecule has 1 saturated heterocycles. The highest BCUT2D eigenvalue weighted by atomic mass is 35.5. The Balaban J connectivity index is 1.70. The van der Waals surface area contributed by atoms with Gasteiger partial charge in [0.1, 0.15) is 10.6 Å². The lowest BCUT2D eigenvalue weighted by Gasteiger charge is -2.17. The molecule has 0 bridgehead atoms. The number of rotatable bonds is 7. The van der Waals surface area contributed by atoms with Crippen molar-refractivity contribution >= 4 is 33.2 Å². The fraction of sp³-hybridized carbons (Fsp3) is 0.350. The largest absolute Gasteiger partial charge is 0.483 e. The number of amides is 1. The third kappa shape index (κ3) is 4.66. The maximum atomic E-state index is 12.8. The molecular formula is C20H23ClN2O4S. The first-order chi connectivity index (χ1) is 13.4. The number of carbonyl (C=O) groups excluding carboxylic acids is 1. The molecule has 0 unspecified atom stereocenters. The van der Waals surface area contributed by atoms with Crippen LogP contribution in [0.4, 0.5) is 5.69 Å². The molecule has 1 aliphatic rings. The molecule has 2 aromatic rings. The Hall–Kier alpha value is -2.09. The van der Waals surface area contributed by atoms with Crippen LogP contribution in [0.5, 0.6) is 5.75 Å². The number of aryl methyl sites for hydroxylation is 1. The molecule has 0 atom stereocenters. The molecule has 0 radical (unpaired) electrons. The van der Waals surface area contributed by atoms with Gasteiger partial charge in [0.2, 0.25) is 10.0 Å². The summed E-state index contributed by atoms with van der Waals surface area (Å²) in [6.45, 7) is 2.81. The first-order valence-electron chi connectivity index (χ1n) is 9.22. The third-order valence-corrected chi connectivity index (χ3v) is 6.99. The maximum absolute atomic E-state index is 12.8. The van der Waals surface area contributed by atoms with Crippen molar-refractivity contribution in [2.45, 2.75) is 31.1 Å². The van der Waals surface area contributed by atoms with Crippen LogP contribution in [-0.4, -0.2) is 38.3 Å².